The van der Waals surface area contributed by atoms with Gasteiger partial charge < -0.3 is 4.74 Å². The van der Waals surface area contributed by atoms with Crippen molar-refractivity contribution < 1.29 is 14.5 Å². The van der Waals surface area contributed by atoms with Crippen LogP contribution in [-0.2, 0) is 4.79 Å². The molecule has 2 aromatic carbocycles. The average molecular weight is 318 g/mol. The molecule has 22 heavy (non-hydrogen) atoms. The van der Waals surface area contributed by atoms with Gasteiger partial charge in [-0.15, -0.1) is 0 Å². The first-order valence-electron chi connectivity index (χ1n) is 6.38. The number of halogens is 1. The van der Waals surface area contributed by atoms with Crippen molar-refractivity contribution in [2.75, 3.05) is 6.61 Å². The molecular weight excluding hydrogens is 306 g/mol. The molecular formula is C16H12ClNO4. The van der Waals surface area contributed by atoms with E-state index in [4.69, 9.17) is 16.3 Å². The molecule has 5 nitrogen and oxygen atoms in total. The standard InChI is InChI=1S/C16H12ClNO4/c17-16(19)11-22-15-9-5-13(6-10-15)2-1-12-3-7-14(8-4-12)18(20)21/h1-10H,11H2/b2-1+. The fraction of sp³-hybridized carbons (Fsp3) is 0.0625. The van der Waals surface area contributed by atoms with Crippen molar-refractivity contribution in [1.82, 2.24) is 0 Å². The number of hydrogen-bond donors (Lipinski definition) is 0. The van der Waals surface area contributed by atoms with Crippen molar-refractivity contribution in [2.24, 2.45) is 0 Å². The van der Waals surface area contributed by atoms with Crippen molar-refractivity contribution in [3.05, 3.63) is 69.8 Å². The van der Waals surface area contributed by atoms with Gasteiger partial charge in [0, 0.05) is 12.1 Å². The van der Waals surface area contributed by atoms with Crippen LogP contribution in [0.3, 0.4) is 0 Å². The summed E-state index contributed by atoms with van der Waals surface area (Å²) in [6.45, 7) is -0.167. The minimum absolute atomic E-state index is 0.0625. The monoisotopic (exact) mass is 317 g/mol. The highest BCUT2D eigenvalue weighted by atomic mass is 35.5. The molecule has 0 saturated carbocycles. The molecule has 0 unspecified atom stereocenters. The zero-order valence-electron chi connectivity index (χ0n) is 11.4. The molecule has 0 spiro atoms. The molecule has 0 amide bonds. The zero-order valence-corrected chi connectivity index (χ0v) is 12.2. The second-order valence-electron chi connectivity index (χ2n) is 4.39. The van der Waals surface area contributed by atoms with Crippen LogP contribution >= 0.6 is 11.6 Å². The predicted octanol–water partition coefficient (Wildman–Crippen LogP) is 3.91. The molecule has 0 aliphatic rings. The van der Waals surface area contributed by atoms with Crippen molar-refractivity contribution in [3.63, 3.8) is 0 Å². The number of nitrogens with zero attached hydrogens (tertiary/aromatic N) is 1. The van der Waals surface area contributed by atoms with E-state index in [0.29, 0.717) is 5.75 Å². The van der Waals surface area contributed by atoms with Gasteiger partial charge in [0.25, 0.3) is 10.9 Å². The third kappa shape index (κ3) is 4.71. The first-order valence-corrected chi connectivity index (χ1v) is 6.76. The SMILES string of the molecule is O=C(Cl)COc1ccc(/C=C/c2ccc([N+](=O)[O-])cc2)cc1. The lowest BCUT2D eigenvalue weighted by Crippen LogP contribution is -2.03. The number of benzene rings is 2. The van der Waals surface area contributed by atoms with E-state index < -0.39 is 10.2 Å². The lowest BCUT2D eigenvalue weighted by Gasteiger charge is -2.02. The third-order valence-electron chi connectivity index (χ3n) is 2.80. The topological polar surface area (TPSA) is 69.4 Å². The van der Waals surface area contributed by atoms with Crippen molar-refractivity contribution in [3.8, 4) is 5.75 Å². The van der Waals surface area contributed by atoms with Crippen LogP contribution in [0.2, 0.25) is 0 Å². The van der Waals surface area contributed by atoms with E-state index in [2.05, 4.69) is 0 Å². The summed E-state index contributed by atoms with van der Waals surface area (Å²) in [5.41, 5.74) is 1.86. The van der Waals surface area contributed by atoms with E-state index in [1.807, 2.05) is 24.3 Å². The highest BCUT2D eigenvalue weighted by Gasteiger charge is 2.02. The Kier molecular flexibility index (Phi) is 5.27. The van der Waals surface area contributed by atoms with E-state index in [9.17, 15) is 14.9 Å². The smallest absolute Gasteiger partial charge is 0.269 e. The Hall–Kier alpha value is -2.66. The van der Waals surface area contributed by atoms with Crippen LogP contribution in [0, 0.1) is 10.1 Å². The average Bonchev–Trinajstić information content (AvgIpc) is 2.52. The number of hydrogen-bond acceptors (Lipinski definition) is 4. The summed E-state index contributed by atoms with van der Waals surface area (Å²) in [4.78, 5) is 20.7. The van der Waals surface area contributed by atoms with Gasteiger partial charge in [0.15, 0.2) is 6.61 Å². The summed E-state index contributed by atoms with van der Waals surface area (Å²) in [5, 5.41) is 10.0. The Labute approximate surface area is 131 Å². The second kappa shape index (κ2) is 7.38. The molecule has 2 aromatic rings. The largest absolute Gasteiger partial charge is 0.484 e. The molecule has 6 heteroatoms. The molecule has 2 rings (SSSR count). The van der Waals surface area contributed by atoms with Gasteiger partial charge in [0.1, 0.15) is 5.75 Å². The first-order chi connectivity index (χ1) is 10.5. The molecule has 0 bridgehead atoms. The summed E-state index contributed by atoms with van der Waals surface area (Å²) in [7, 11) is 0. The number of carbonyl (C=O) groups excluding carboxylic acids is 1. The number of rotatable bonds is 6. The number of carbonyl (C=O) groups is 1. The highest BCUT2D eigenvalue weighted by molar-refractivity contribution is 6.63. The maximum Gasteiger partial charge on any atom is 0.269 e. The normalized spacial score (nSPS) is 10.6. The molecule has 0 radical (unpaired) electrons. The van der Waals surface area contributed by atoms with Gasteiger partial charge in [0.2, 0.25) is 0 Å². The Balaban J connectivity index is 2.00. The summed E-state index contributed by atoms with van der Waals surface area (Å²) in [6, 6.07) is 13.4. The predicted molar refractivity (Wildman–Crippen MR) is 84.8 cm³/mol. The molecule has 0 saturated heterocycles. The highest BCUT2D eigenvalue weighted by Crippen LogP contribution is 2.16. The van der Waals surface area contributed by atoms with E-state index in [0.717, 1.165) is 11.1 Å². The van der Waals surface area contributed by atoms with Gasteiger partial charge in [-0.25, -0.2) is 0 Å². The summed E-state index contributed by atoms with van der Waals surface area (Å²) in [5.74, 6) is 0.557. The molecule has 0 aliphatic heterocycles. The van der Waals surface area contributed by atoms with Gasteiger partial charge in [0.05, 0.1) is 4.92 Å². The Bertz CT molecular complexity index is 693. The van der Waals surface area contributed by atoms with Crippen molar-refractivity contribution in [1.29, 1.82) is 0 Å². The maximum absolute atomic E-state index is 10.6. The van der Waals surface area contributed by atoms with Gasteiger partial charge in [-0.05, 0) is 47.0 Å². The Morgan fingerprint density at radius 3 is 2.00 bits per heavy atom. The zero-order chi connectivity index (χ0) is 15.9. The number of nitro groups is 1. The molecule has 0 aliphatic carbocycles. The fourth-order valence-electron chi connectivity index (χ4n) is 1.71. The molecule has 0 heterocycles. The summed E-state index contributed by atoms with van der Waals surface area (Å²) >= 11 is 5.19. The van der Waals surface area contributed by atoms with Gasteiger partial charge in [-0.1, -0.05) is 24.3 Å². The number of nitro benzene ring substituents is 1. The van der Waals surface area contributed by atoms with E-state index in [-0.39, 0.29) is 12.3 Å². The quantitative estimate of drug-likeness (QED) is 0.350. The van der Waals surface area contributed by atoms with Crippen LogP contribution < -0.4 is 4.74 Å². The summed E-state index contributed by atoms with van der Waals surface area (Å²) < 4.78 is 5.15. The minimum Gasteiger partial charge on any atom is -0.484 e. The minimum atomic E-state index is -0.554. The molecule has 112 valence electrons. The summed E-state index contributed by atoms with van der Waals surface area (Å²) in [6.07, 6.45) is 3.72. The second-order valence-corrected chi connectivity index (χ2v) is 4.82. The van der Waals surface area contributed by atoms with E-state index in [1.165, 1.54) is 12.1 Å². The van der Waals surface area contributed by atoms with Crippen LogP contribution in [-0.4, -0.2) is 16.8 Å². The van der Waals surface area contributed by atoms with Gasteiger partial charge in [-0.2, -0.15) is 0 Å². The molecule has 0 N–H and O–H groups in total. The molecule has 0 atom stereocenters. The van der Waals surface area contributed by atoms with Crippen LogP contribution in [0.1, 0.15) is 11.1 Å². The fourth-order valence-corrected chi connectivity index (χ4v) is 1.77. The van der Waals surface area contributed by atoms with Crippen molar-refractivity contribution >= 4 is 34.7 Å². The lowest BCUT2D eigenvalue weighted by atomic mass is 10.1. The number of non-ortho nitro benzene ring substituents is 1. The van der Waals surface area contributed by atoms with Gasteiger partial charge >= 0.3 is 0 Å². The first kappa shape index (κ1) is 15.7. The maximum atomic E-state index is 10.6. The lowest BCUT2D eigenvalue weighted by molar-refractivity contribution is -0.384. The molecule has 0 fully saturated rings. The van der Waals surface area contributed by atoms with Crippen molar-refractivity contribution in [2.45, 2.75) is 0 Å². The van der Waals surface area contributed by atoms with Crippen LogP contribution in [0.5, 0.6) is 5.75 Å². The Morgan fingerprint density at radius 2 is 1.55 bits per heavy atom. The van der Waals surface area contributed by atoms with Gasteiger partial charge in [-0.3, -0.25) is 14.9 Å². The van der Waals surface area contributed by atoms with Crippen LogP contribution in [0.4, 0.5) is 5.69 Å². The van der Waals surface area contributed by atoms with E-state index in [1.54, 1.807) is 24.3 Å². The Morgan fingerprint density at radius 1 is 1.05 bits per heavy atom. The van der Waals surface area contributed by atoms with Crippen LogP contribution in [0.15, 0.2) is 48.5 Å². The van der Waals surface area contributed by atoms with E-state index >= 15 is 0 Å². The molecule has 0 aromatic heterocycles. The number of ether oxygens (including phenoxy) is 1. The van der Waals surface area contributed by atoms with Crippen LogP contribution in [0.25, 0.3) is 12.2 Å². The third-order valence-corrected chi connectivity index (χ3v) is 2.91.